The lowest BCUT2D eigenvalue weighted by Gasteiger charge is -2.30. The van der Waals surface area contributed by atoms with Crippen molar-refractivity contribution in [2.75, 3.05) is 19.7 Å². The summed E-state index contributed by atoms with van der Waals surface area (Å²) in [6.07, 6.45) is 2.03. The first-order chi connectivity index (χ1) is 14.5. The maximum Gasteiger partial charge on any atom is 0.261 e. The quantitative estimate of drug-likeness (QED) is 0.484. The van der Waals surface area contributed by atoms with Crippen LogP contribution in [0.5, 0.6) is 5.75 Å². The summed E-state index contributed by atoms with van der Waals surface area (Å²) < 4.78 is 6.39. The minimum absolute atomic E-state index is 0.131. The summed E-state index contributed by atoms with van der Waals surface area (Å²) in [5.74, 6) is 0.166. The van der Waals surface area contributed by atoms with E-state index in [0.29, 0.717) is 41.2 Å². The highest BCUT2D eigenvalue weighted by molar-refractivity contribution is 9.10. The number of nitrogens with one attached hydrogen (secondary N) is 1. The number of hydrogen-bond donors (Lipinski definition) is 1. The molecule has 2 aromatic carbocycles. The Kier molecular flexibility index (Phi) is 10.2. The third-order valence-corrected chi connectivity index (χ3v) is 5.52. The number of halogens is 2. The van der Waals surface area contributed by atoms with Gasteiger partial charge in [0, 0.05) is 18.1 Å². The molecule has 162 valence electrons. The smallest absolute Gasteiger partial charge is 0.261 e. The summed E-state index contributed by atoms with van der Waals surface area (Å²) in [6, 6.07) is 14.5. The fourth-order valence-corrected chi connectivity index (χ4v) is 3.87. The third-order valence-electron chi connectivity index (χ3n) is 4.66. The fourth-order valence-electron chi connectivity index (χ4n) is 3.08. The van der Waals surface area contributed by atoms with Crippen LogP contribution >= 0.6 is 27.5 Å². The molecule has 0 radical (unpaired) electrons. The lowest BCUT2D eigenvalue weighted by molar-refractivity contribution is -0.142. The van der Waals surface area contributed by atoms with E-state index in [4.69, 9.17) is 16.3 Å². The van der Waals surface area contributed by atoms with Crippen molar-refractivity contribution in [2.24, 2.45) is 0 Å². The number of hydrogen-bond acceptors (Lipinski definition) is 3. The van der Waals surface area contributed by atoms with Crippen molar-refractivity contribution in [3.63, 3.8) is 0 Å². The molecular weight excluding hydrogens is 468 g/mol. The zero-order valence-corrected chi connectivity index (χ0v) is 19.7. The van der Waals surface area contributed by atoms with Crippen molar-refractivity contribution in [1.82, 2.24) is 10.2 Å². The first-order valence-electron chi connectivity index (χ1n) is 10.1. The molecule has 0 fully saturated rings. The Hall–Kier alpha value is -2.05. The van der Waals surface area contributed by atoms with E-state index in [2.05, 4.69) is 21.2 Å². The summed E-state index contributed by atoms with van der Waals surface area (Å²) in [5.41, 5.74) is 1.11. The molecule has 1 atom stereocenters. The highest BCUT2D eigenvalue weighted by Gasteiger charge is 2.28. The molecule has 2 rings (SSSR count). The largest absolute Gasteiger partial charge is 0.483 e. The Labute approximate surface area is 191 Å². The van der Waals surface area contributed by atoms with Crippen LogP contribution in [0.2, 0.25) is 5.02 Å². The number of benzene rings is 2. The van der Waals surface area contributed by atoms with Gasteiger partial charge in [-0.25, -0.2) is 0 Å². The maximum absolute atomic E-state index is 13.1. The minimum Gasteiger partial charge on any atom is -0.483 e. The second-order valence-corrected chi connectivity index (χ2v) is 8.19. The molecule has 2 aromatic rings. The molecule has 0 spiro atoms. The molecular formula is C23H28BrClN2O3. The van der Waals surface area contributed by atoms with Gasteiger partial charge in [0.25, 0.3) is 5.91 Å². The maximum atomic E-state index is 13.1. The Morgan fingerprint density at radius 3 is 2.53 bits per heavy atom. The van der Waals surface area contributed by atoms with Crippen LogP contribution in [-0.2, 0) is 16.0 Å². The van der Waals surface area contributed by atoms with Gasteiger partial charge in [-0.05, 0) is 59.0 Å². The standard InChI is InChI=1S/C23H28BrClN2O3/c1-3-13-26-23(29)20(4-2)27(14-12-17-8-6-5-7-9-17)22(28)16-30-21-11-10-18(25)15-19(21)24/h5-11,15,20H,3-4,12-14,16H2,1-2H3,(H,26,29)/t20-/m1/s1. The van der Waals surface area contributed by atoms with Gasteiger partial charge in [0.15, 0.2) is 6.61 Å². The van der Waals surface area contributed by atoms with E-state index in [1.165, 1.54) is 0 Å². The third kappa shape index (κ3) is 7.33. The topological polar surface area (TPSA) is 58.6 Å². The van der Waals surface area contributed by atoms with Crippen molar-refractivity contribution in [3.05, 3.63) is 63.6 Å². The van der Waals surface area contributed by atoms with Crippen molar-refractivity contribution in [3.8, 4) is 5.75 Å². The molecule has 0 saturated heterocycles. The molecule has 0 saturated carbocycles. The van der Waals surface area contributed by atoms with Crippen LogP contribution < -0.4 is 10.1 Å². The molecule has 30 heavy (non-hydrogen) atoms. The van der Waals surface area contributed by atoms with E-state index in [9.17, 15) is 9.59 Å². The molecule has 0 aromatic heterocycles. The Morgan fingerprint density at radius 2 is 1.90 bits per heavy atom. The van der Waals surface area contributed by atoms with Crippen molar-refractivity contribution in [2.45, 2.75) is 39.2 Å². The average molecular weight is 496 g/mol. The minimum atomic E-state index is -0.537. The molecule has 5 nitrogen and oxygen atoms in total. The summed E-state index contributed by atoms with van der Waals surface area (Å²) in [4.78, 5) is 27.4. The van der Waals surface area contributed by atoms with Crippen LogP contribution in [0.15, 0.2) is 53.0 Å². The second-order valence-electron chi connectivity index (χ2n) is 6.90. The van der Waals surface area contributed by atoms with Gasteiger partial charge < -0.3 is 15.0 Å². The predicted molar refractivity (Wildman–Crippen MR) is 124 cm³/mol. The molecule has 2 amide bonds. The number of nitrogens with zero attached hydrogens (tertiary/aromatic N) is 1. The summed E-state index contributed by atoms with van der Waals surface area (Å²) >= 11 is 9.35. The van der Waals surface area contributed by atoms with Crippen molar-refractivity contribution >= 4 is 39.3 Å². The van der Waals surface area contributed by atoms with Gasteiger partial charge in [0.1, 0.15) is 11.8 Å². The molecule has 0 aliphatic carbocycles. The van der Waals surface area contributed by atoms with Gasteiger partial charge in [-0.1, -0.05) is 55.8 Å². The van der Waals surface area contributed by atoms with Crippen LogP contribution in [-0.4, -0.2) is 42.5 Å². The van der Waals surface area contributed by atoms with Gasteiger partial charge >= 0.3 is 0 Å². The first-order valence-corrected chi connectivity index (χ1v) is 11.3. The normalized spacial score (nSPS) is 11.6. The lowest BCUT2D eigenvalue weighted by Crippen LogP contribution is -2.51. The number of ether oxygens (including phenoxy) is 1. The predicted octanol–water partition coefficient (Wildman–Crippen LogP) is 4.86. The molecule has 0 unspecified atom stereocenters. The number of amides is 2. The molecule has 0 heterocycles. The first kappa shape index (κ1) is 24.2. The summed E-state index contributed by atoms with van der Waals surface area (Å²) in [5, 5.41) is 3.48. The molecule has 7 heteroatoms. The van der Waals surface area contributed by atoms with E-state index in [1.807, 2.05) is 44.2 Å². The Bertz CT molecular complexity index is 832. The van der Waals surface area contributed by atoms with E-state index in [1.54, 1.807) is 23.1 Å². The average Bonchev–Trinajstić information content (AvgIpc) is 2.74. The van der Waals surface area contributed by atoms with Crippen molar-refractivity contribution < 1.29 is 14.3 Å². The lowest BCUT2D eigenvalue weighted by atomic mass is 10.1. The summed E-state index contributed by atoms with van der Waals surface area (Å²) in [6.45, 7) is 4.77. The number of carbonyl (C=O) groups excluding carboxylic acids is 2. The van der Waals surface area contributed by atoms with Crippen LogP contribution in [0.1, 0.15) is 32.3 Å². The second kappa shape index (κ2) is 12.6. The van der Waals surface area contributed by atoms with Crippen LogP contribution in [0.25, 0.3) is 0 Å². The monoisotopic (exact) mass is 494 g/mol. The summed E-state index contributed by atoms with van der Waals surface area (Å²) in [7, 11) is 0. The van der Waals surface area contributed by atoms with Gasteiger partial charge in [0.05, 0.1) is 4.47 Å². The van der Waals surface area contributed by atoms with Crippen LogP contribution in [0.3, 0.4) is 0 Å². The van der Waals surface area contributed by atoms with Gasteiger partial charge in [0.2, 0.25) is 5.91 Å². The van der Waals surface area contributed by atoms with E-state index >= 15 is 0 Å². The molecule has 0 bridgehead atoms. The van der Waals surface area contributed by atoms with Crippen LogP contribution in [0.4, 0.5) is 0 Å². The molecule has 1 N–H and O–H groups in total. The highest BCUT2D eigenvalue weighted by atomic mass is 79.9. The fraction of sp³-hybridized carbons (Fsp3) is 0.391. The van der Waals surface area contributed by atoms with E-state index < -0.39 is 6.04 Å². The number of rotatable bonds is 11. The van der Waals surface area contributed by atoms with E-state index in [-0.39, 0.29) is 18.4 Å². The number of carbonyl (C=O) groups is 2. The highest BCUT2D eigenvalue weighted by Crippen LogP contribution is 2.28. The molecule has 0 aliphatic rings. The Morgan fingerprint density at radius 1 is 1.17 bits per heavy atom. The van der Waals surface area contributed by atoms with E-state index in [0.717, 1.165) is 12.0 Å². The zero-order valence-electron chi connectivity index (χ0n) is 17.4. The van der Waals surface area contributed by atoms with Gasteiger partial charge in [-0.3, -0.25) is 9.59 Å². The SMILES string of the molecule is CCCNC(=O)[C@@H](CC)N(CCc1ccccc1)C(=O)COc1ccc(Cl)cc1Br. The van der Waals surface area contributed by atoms with Crippen molar-refractivity contribution in [1.29, 1.82) is 0 Å². The van der Waals surface area contributed by atoms with Crippen LogP contribution in [0, 0.1) is 0 Å². The zero-order chi connectivity index (χ0) is 21.9. The van der Waals surface area contributed by atoms with Gasteiger partial charge in [-0.2, -0.15) is 0 Å². The Balaban J connectivity index is 2.12. The molecule has 0 aliphatic heterocycles. The van der Waals surface area contributed by atoms with Gasteiger partial charge in [-0.15, -0.1) is 0 Å².